The minimum atomic E-state index is -2.63. The maximum atomic E-state index is 13.2. The van der Waals surface area contributed by atoms with Gasteiger partial charge >= 0.3 is 6.55 Å². The van der Waals surface area contributed by atoms with Crippen molar-refractivity contribution in [1.82, 2.24) is 29.8 Å². The predicted molar refractivity (Wildman–Crippen MR) is 69.3 cm³/mol. The smallest absolute Gasteiger partial charge is 0.269 e. The Morgan fingerprint density at radius 3 is 2.80 bits per heavy atom. The molecule has 3 rings (SSSR count). The fraction of sp³-hybridized carbons (Fsp3) is 0.273. The quantitative estimate of drug-likeness (QED) is 0.691. The number of fused-ring (bicyclic) bond motifs is 1. The summed E-state index contributed by atoms with van der Waals surface area (Å²) >= 11 is 1.26. The highest BCUT2D eigenvalue weighted by Crippen LogP contribution is 2.27. The average Bonchev–Trinajstić information content (AvgIpc) is 2.99. The molecule has 104 valence electrons. The monoisotopic (exact) mass is 296 g/mol. The standard InChI is InChI=1S/C11H10F2N6S/c1-18-11(15-16-17-18)20-6-9-14-7-4-2-3-5-8(7)19(9)10(12)13/h2-5,10H,6H2,1H3. The third-order valence-corrected chi connectivity index (χ3v) is 3.78. The number of tetrazole rings is 1. The van der Waals surface area contributed by atoms with Gasteiger partial charge in [0, 0.05) is 7.05 Å². The Morgan fingerprint density at radius 1 is 1.30 bits per heavy atom. The van der Waals surface area contributed by atoms with Gasteiger partial charge in [-0.2, -0.15) is 8.78 Å². The molecule has 0 bridgehead atoms. The maximum Gasteiger partial charge on any atom is 0.320 e. The van der Waals surface area contributed by atoms with Crippen molar-refractivity contribution < 1.29 is 8.78 Å². The maximum absolute atomic E-state index is 13.2. The highest BCUT2D eigenvalue weighted by atomic mass is 32.2. The largest absolute Gasteiger partial charge is 0.320 e. The first-order valence-corrected chi connectivity index (χ1v) is 6.74. The zero-order chi connectivity index (χ0) is 14.1. The number of aryl methyl sites for hydroxylation is 1. The molecule has 0 radical (unpaired) electrons. The number of hydrogen-bond acceptors (Lipinski definition) is 5. The fourth-order valence-electron chi connectivity index (χ4n) is 1.89. The number of imidazole rings is 1. The van der Waals surface area contributed by atoms with Gasteiger partial charge < -0.3 is 0 Å². The molecule has 0 spiro atoms. The van der Waals surface area contributed by atoms with Crippen LogP contribution in [0.25, 0.3) is 11.0 Å². The first kappa shape index (κ1) is 13.0. The van der Waals surface area contributed by atoms with E-state index >= 15 is 0 Å². The lowest BCUT2D eigenvalue weighted by Gasteiger charge is -2.06. The average molecular weight is 296 g/mol. The molecule has 0 aliphatic carbocycles. The van der Waals surface area contributed by atoms with E-state index in [2.05, 4.69) is 20.5 Å². The van der Waals surface area contributed by atoms with Crippen LogP contribution in [-0.4, -0.2) is 29.8 Å². The third kappa shape index (κ3) is 2.24. The van der Waals surface area contributed by atoms with E-state index in [0.29, 0.717) is 22.0 Å². The topological polar surface area (TPSA) is 61.4 Å². The summed E-state index contributed by atoms with van der Waals surface area (Å²) in [4.78, 5) is 4.25. The zero-order valence-electron chi connectivity index (χ0n) is 10.4. The van der Waals surface area contributed by atoms with E-state index in [1.165, 1.54) is 16.4 Å². The van der Waals surface area contributed by atoms with E-state index in [0.717, 1.165) is 4.57 Å². The molecule has 0 fully saturated rings. The van der Waals surface area contributed by atoms with Crippen molar-refractivity contribution >= 4 is 22.8 Å². The Labute approximate surface area is 116 Å². The van der Waals surface area contributed by atoms with Crippen molar-refractivity contribution in [2.24, 2.45) is 7.05 Å². The molecule has 0 saturated heterocycles. The van der Waals surface area contributed by atoms with E-state index < -0.39 is 6.55 Å². The lowest BCUT2D eigenvalue weighted by molar-refractivity contribution is 0.0722. The van der Waals surface area contributed by atoms with Gasteiger partial charge in [0.15, 0.2) is 0 Å². The van der Waals surface area contributed by atoms with Gasteiger partial charge in [0.05, 0.1) is 16.8 Å². The first-order chi connectivity index (χ1) is 9.66. The second kappa shape index (κ2) is 5.16. The van der Waals surface area contributed by atoms with Crippen LogP contribution in [0.4, 0.5) is 8.78 Å². The molecular formula is C11H10F2N6S. The summed E-state index contributed by atoms with van der Waals surface area (Å²) in [6.45, 7) is -2.63. The minimum Gasteiger partial charge on any atom is -0.269 e. The summed E-state index contributed by atoms with van der Waals surface area (Å²) in [5, 5.41) is 11.5. The Morgan fingerprint density at radius 2 is 2.10 bits per heavy atom. The molecule has 0 aliphatic rings. The van der Waals surface area contributed by atoms with E-state index in [9.17, 15) is 8.78 Å². The molecule has 6 nitrogen and oxygen atoms in total. The Bertz CT molecular complexity index is 737. The van der Waals surface area contributed by atoms with Gasteiger partial charge in [0.2, 0.25) is 5.16 Å². The zero-order valence-corrected chi connectivity index (χ0v) is 11.3. The number of benzene rings is 1. The molecule has 0 saturated carbocycles. The van der Waals surface area contributed by atoms with Crippen LogP contribution >= 0.6 is 11.8 Å². The molecule has 0 amide bonds. The molecule has 9 heteroatoms. The lowest BCUT2D eigenvalue weighted by Crippen LogP contribution is -2.04. The summed E-state index contributed by atoms with van der Waals surface area (Å²) in [6, 6.07) is 6.83. The van der Waals surface area contributed by atoms with Gasteiger partial charge in [-0.1, -0.05) is 23.9 Å². The van der Waals surface area contributed by atoms with Crippen molar-refractivity contribution in [3.8, 4) is 0 Å². The van der Waals surface area contributed by atoms with Crippen LogP contribution in [0, 0.1) is 0 Å². The van der Waals surface area contributed by atoms with E-state index in [1.807, 2.05) is 0 Å². The van der Waals surface area contributed by atoms with Gasteiger partial charge in [0.1, 0.15) is 5.82 Å². The van der Waals surface area contributed by atoms with E-state index in [4.69, 9.17) is 0 Å². The fourth-order valence-corrected chi connectivity index (χ4v) is 2.67. The second-order valence-electron chi connectivity index (χ2n) is 4.04. The summed E-state index contributed by atoms with van der Waals surface area (Å²) < 4.78 is 28.8. The Kier molecular flexibility index (Phi) is 3.35. The molecular weight excluding hydrogens is 286 g/mol. The van der Waals surface area contributed by atoms with Gasteiger partial charge in [-0.05, 0) is 22.6 Å². The number of halogens is 2. The highest BCUT2D eigenvalue weighted by Gasteiger charge is 2.18. The third-order valence-electron chi connectivity index (χ3n) is 2.78. The predicted octanol–water partition coefficient (Wildman–Crippen LogP) is 2.25. The molecule has 0 unspecified atom stereocenters. The molecule has 0 aliphatic heterocycles. The number of aromatic nitrogens is 6. The lowest BCUT2D eigenvalue weighted by atomic mass is 10.3. The van der Waals surface area contributed by atoms with Crippen LogP contribution in [0.15, 0.2) is 29.4 Å². The summed E-state index contributed by atoms with van der Waals surface area (Å²) in [7, 11) is 1.69. The van der Waals surface area contributed by atoms with Gasteiger partial charge in [0.25, 0.3) is 0 Å². The highest BCUT2D eigenvalue weighted by molar-refractivity contribution is 7.98. The molecule has 2 heterocycles. The number of para-hydroxylation sites is 2. The normalized spacial score (nSPS) is 11.6. The minimum absolute atomic E-state index is 0.271. The Hall–Kier alpha value is -2.03. The molecule has 20 heavy (non-hydrogen) atoms. The van der Waals surface area contributed by atoms with E-state index in [1.54, 1.807) is 31.3 Å². The number of nitrogens with zero attached hydrogens (tertiary/aromatic N) is 6. The van der Waals surface area contributed by atoms with Crippen LogP contribution in [0.5, 0.6) is 0 Å². The van der Waals surface area contributed by atoms with Crippen LogP contribution < -0.4 is 0 Å². The number of rotatable bonds is 4. The van der Waals surface area contributed by atoms with Crippen LogP contribution in [0.2, 0.25) is 0 Å². The molecule has 1 aromatic carbocycles. The van der Waals surface area contributed by atoms with Crippen molar-refractivity contribution in [3.05, 3.63) is 30.1 Å². The summed E-state index contributed by atoms with van der Waals surface area (Å²) in [5.74, 6) is 0.571. The second-order valence-corrected chi connectivity index (χ2v) is 4.98. The Balaban J connectivity index is 1.94. The van der Waals surface area contributed by atoms with Crippen LogP contribution in [0.1, 0.15) is 12.4 Å². The number of alkyl halides is 2. The molecule has 0 atom stereocenters. The van der Waals surface area contributed by atoms with Gasteiger partial charge in [-0.15, -0.1) is 5.10 Å². The summed E-state index contributed by atoms with van der Waals surface area (Å²) in [6.07, 6.45) is 0. The number of thioether (sulfide) groups is 1. The van der Waals surface area contributed by atoms with Gasteiger partial charge in [-0.3, -0.25) is 4.57 Å². The van der Waals surface area contributed by atoms with Crippen molar-refractivity contribution in [2.45, 2.75) is 17.5 Å². The van der Waals surface area contributed by atoms with Crippen molar-refractivity contribution in [3.63, 3.8) is 0 Å². The van der Waals surface area contributed by atoms with Gasteiger partial charge in [-0.25, -0.2) is 9.67 Å². The molecule has 3 aromatic rings. The van der Waals surface area contributed by atoms with Crippen LogP contribution in [-0.2, 0) is 12.8 Å². The van der Waals surface area contributed by atoms with Crippen molar-refractivity contribution in [2.75, 3.05) is 0 Å². The summed E-state index contributed by atoms with van der Waals surface area (Å²) in [5.41, 5.74) is 0.980. The molecule has 2 aromatic heterocycles. The number of hydrogen-bond donors (Lipinski definition) is 0. The first-order valence-electron chi connectivity index (χ1n) is 5.76. The SMILES string of the molecule is Cn1nnnc1SCc1nc2ccccc2n1C(F)F. The molecule has 0 N–H and O–H groups in total. The van der Waals surface area contributed by atoms with Crippen molar-refractivity contribution in [1.29, 1.82) is 0 Å². The van der Waals surface area contributed by atoms with E-state index in [-0.39, 0.29) is 5.75 Å². The van der Waals surface area contributed by atoms with Crippen LogP contribution in [0.3, 0.4) is 0 Å².